The third-order valence-electron chi connectivity index (χ3n) is 3.77. The molecular weight excluding hydrogens is 290 g/mol. The fourth-order valence-corrected chi connectivity index (χ4v) is 2.82. The third kappa shape index (κ3) is 5.19. The van der Waals surface area contributed by atoms with Gasteiger partial charge in [-0.05, 0) is 26.3 Å². The number of morpholine rings is 1. The SMILES string of the molecule is CC(CC1COCCN1)NC(C)c1ccccc1OC(F)F. The number of ether oxygens (including phenoxy) is 2. The minimum absolute atomic E-state index is 0.0746. The van der Waals surface area contributed by atoms with E-state index in [1.165, 1.54) is 0 Å². The van der Waals surface area contributed by atoms with Crippen LogP contribution in [0, 0.1) is 0 Å². The maximum Gasteiger partial charge on any atom is 0.387 e. The molecular formula is C16H24F2N2O2. The minimum Gasteiger partial charge on any atom is -0.434 e. The second kappa shape index (κ2) is 8.41. The summed E-state index contributed by atoms with van der Waals surface area (Å²) in [7, 11) is 0. The third-order valence-corrected chi connectivity index (χ3v) is 3.77. The fourth-order valence-electron chi connectivity index (χ4n) is 2.82. The first-order valence-corrected chi connectivity index (χ1v) is 7.67. The van der Waals surface area contributed by atoms with E-state index in [9.17, 15) is 8.78 Å². The predicted molar refractivity (Wildman–Crippen MR) is 81.3 cm³/mol. The molecule has 1 aromatic carbocycles. The summed E-state index contributed by atoms with van der Waals surface area (Å²) in [4.78, 5) is 0. The van der Waals surface area contributed by atoms with Crippen molar-refractivity contribution in [3.8, 4) is 5.75 Å². The molecule has 1 heterocycles. The van der Waals surface area contributed by atoms with Gasteiger partial charge in [-0.2, -0.15) is 8.78 Å². The van der Waals surface area contributed by atoms with Crippen LogP contribution in [-0.4, -0.2) is 38.5 Å². The first-order chi connectivity index (χ1) is 10.6. The van der Waals surface area contributed by atoms with Crippen molar-refractivity contribution in [2.24, 2.45) is 0 Å². The van der Waals surface area contributed by atoms with Gasteiger partial charge in [-0.1, -0.05) is 18.2 Å². The molecule has 1 fully saturated rings. The molecule has 3 unspecified atom stereocenters. The normalized spacial score (nSPS) is 21.6. The van der Waals surface area contributed by atoms with E-state index < -0.39 is 6.61 Å². The van der Waals surface area contributed by atoms with E-state index in [2.05, 4.69) is 22.3 Å². The van der Waals surface area contributed by atoms with Crippen molar-refractivity contribution in [3.63, 3.8) is 0 Å². The van der Waals surface area contributed by atoms with Gasteiger partial charge in [0.05, 0.1) is 13.2 Å². The number of rotatable bonds is 7. The van der Waals surface area contributed by atoms with E-state index in [0.29, 0.717) is 12.6 Å². The van der Waals surface area contributed by atoms with Gasteiger partial charge >= 0.3 is 6.61 Å². The van der Waals surface area contributed by atoms with Gasteiger partial charge in [0.25, 0.3) is 0 Å². The van der Waals surface area contributed by atoms with Crippen LogP contribution in [0.15, 0.2) is 24.3 Å². The molecule has 1 saturated heterocycles. The van der Waals surface area contributed by atoms with E-state index in [1.807, 2.05) is 19.1 Å². The minimum atomic E-state index is -2.81. The van der Waals surface area contributed by atoms with Gasteiger partial charge in [0.2, 0.25) is 0 Å². The maximum atomic E-state index is 12.5. The van der Waals surface area contributed by atoms with Crippen molar-refractivity contribution < 1.29 is 18.3 Å². The van der Waals surface area contributed by atoms with Crippen LogP contribution in [0.1, 0.15) is 31.9 Å². The molecule has 3 atom stereocenters. The van der Waals surface area contributed by atoms with Crippen LogP contribution in [0.2, 0.25) is 0 Å². The second-order valence-electron chi connectivity index (χ2n) is 5.67. The van der Waals surface area contributed by atoms with Crippen LogP contribution in [0.4, 0.5) is 8.78 Å². The Balaban J connectivity index is 1.91. The molecule has 1 aromatic rings. The lowest BCUT2D eigenvalue weighted by atomic mass is 10.0. The molecule has 2 rings (SSSR count). The Labute approximate surface area is 130 Å². The Morgan fingerprint density at radius 3 is 2.82 bits per heavy atom. The zero-order valence-electron chi connectivity index (χ0n) is 13.0. The van der Waals surface area contributed by atoms with Crippen molar-refractivity contribution in [2.45, 2.75) is 45.0 Å². The maximum absolute atomic E-state index is 12.5. The number of benzene rings is 1. The summed E-state index contributed by atoms with van der Waals surface area (Å²) in [5.41, 5.74) is 0.738. The summed E-state index contributed by atoms with van der Waals surface area (Å²) in [5, 5.41) is 6.85. The van der Waals surface area contributed by atoms with Crippen molar-refractivity contribution in [3.05, 3.63) is 29.8 Å². The van der Waals surface area contributed by atoms with Gasteiger partial charge in [-0.3, -0.25) is 0 Å². The van der Waals surface area contributed by atoms with Gasteiger partial charge in [0.1, 0.15) is 5.75 Å². The monoisotopic (exact) mass is 314 g/mol. The number of para-hydroxylation sites is 1. The van der Waals surface area contributed by atoms with Gasteiger partial charge < -0.3 is 20.1 Å². The smallest absolute Gasteiger partial charge is 0.387 e. The quantitative estimate of drug-likeness (QED) is 0.812. The highest BCUT2D eigenvalue weighted by Gasteiger charge is 2.19. The van der Waals surface area contributed by atoms with Gasteiger partial charge in [0, 0.05) is 30.2 Å². The Morgan fingerprint density at radius 2 is 2.14 bits per heavy atom. The van der Waals surface area contributed by atoms with E-state index in [4.69, 9.17) is 4.74 Å². The summed E-state index contributed by atoms with van der Waals surface area (Å²) >= 11 is 0. The fraction of sp³-hybridized carbons (Fsp3) is 0.625. The number of nitrogens with one attached hydrogen (secondary N) is 2. The van der Waals surface area contributed by atoms with Crippen LogP contribution < -0.4 is 15.4 Å². The highest BCUT2D eigenvalue weighted by atomic mass is 19.3. The Morgan fingerprint density at radius 1 is 1.36 bits per heavy atom. The molecule has 0 aromatic heterocycles. The van der Waals surface area contributed by atoms with Crippen LogP contribution in [0.5, 0.6) is 5.75 Å². The van der Waals surface area contributed by atoms with Gasteiger partial charge in [-0.15, -0.1) is 0 Å². The molecule has 0 radical (unpaired) electrons. The average Bonchev–Trinajstić information content (AvgIpc) is 2.48. The summed E-state index contributed by atoms with van der Waals surface area (Å²) in [6.07, 6.45) is 0.919. The first kappa shape index (κ1) is 17.1. The van der Waals surface area contributed by atoms with E-state index in [1.54, 1.807) is 12.1 Å². The average molecular weight is 314 g/mol. The van der Waals surface area contributed by atoms with Crippen molar-refractivity contribution in [1.82, 2.24) is 10.6 Å². The summed E-state index contributed by atoms with van der Waals surface area (Å²) < 4.78 is 35.0. The topological polar surface area (TPSA) is 42.5 Å². The highest BCUT2D eigenvalue weighted by Crippen LogP contribution is 2.26. The van der Waals surface area contributed by atoms with Crippen molar-refractivity contribution in [2.75, 3.05) is 19.8 Å². The number of alkyl halides is 2. The van der Waals surface area contributed by atoms with E-state index in [0.717, 1.165) is 25.1 Å². The molecule has 124 valence electrons. The van der Waals surface area contributed by atoms with Gasteiger partial charge in [-0.25, -0.2) is 0 Å². The Hall–Kier alpha value is -1.24. The number of halogens is 2. The molecule has 6 heteroatoms. The number of hydrogen-bond donors (Lipinski definition) is 2. The highest BCUT2D eigenvalue weighted by molar-refractivity contribution is 5.35. The van der Waals surface area contributed by atoms with E-state index in [-0.39, 0.29) is 17.8 Å². The number of hydrogen-bond acceptors (Lipinski definition) is 4. The van der Waals surface area contributed by atoms with Crippen LogP contribution >= 0.6 is 0 Å². The lowest BCUT2D eigenvalue weighted by Gasteiger charge is -2.28. The lowest BCUT2D eigenvalue weighted by molar-refractivity contribution is -0.0506. The largest absolute Gasteiger partial charge is 0.434 e. The molecule has 1 aliphatic heterocycles. The van der Waals surface area contributed by atoms with E-state index >= 15 is 0 Å². The second-order valence-corrected chi connectivity index (χ2v) is 5.67. The Kier molecular flexibility index (Phi) is 6.54. The zero-order valence-corrected chi connectivity index (χ0v) is 13.0. The standard InChI is InChI=1S/C16H24F2N2O2/c1-11(9-13-10-21-8-7-19-13)20-12(2)14-5-3-4-6-15(14)22-16(17)18/h3-6,11-13,16,19-20H,7-10H2,1-2H3. The van der Waals surface area contributed by atoms with Crippen LogP contribution in [0.3, 0.4) is 0 Å². The predicted octanol–water partition coefficient (Wildman–Crippen LogP) is 2.71. The molecule has 0 bridgehead atoms. The van der Waals surface area contributed by atoms with Gasteiger partial charge in [0.15, 0.2) is 0 Å². The molecule has 0 spiro atoms. The summed E-state index contributed by atoms with van der Waals surface area (Å²) in [5.74, 6) is 0.226. The first-order valence-electron chi connectivity index (χ1n) is 7.67. The molecule has 22 heavy (non-hydrogen) atoms. The van der Waals surface area contributed by atoms with Crippen LogP contribution in [-0.2, 0) is 4.74 Å². The molecule has 0 saturated carbocycles. The summed E-state index contributed by atoms with van der Waals surface area (Å²) in [6.45, 7) is 3.57. The molecule has 4 nitrogen and oxygen atoms in total. The molecule has 1 aliphatic rings. The zero-order chi connectivity index (χ0) is 15.9. The van der Waals surface area contributed by atoms with Crippen molar-refractivity contribution in [1.29, 1.82) is 0 Å². The van der Waals surface area contributed by atoms with Crippen LogP contribution in [0.25, 0.3) is 0 Å². The Bertz CT molecular complexity index is 454. The molecule has 0 amide bonds. The summed E-state index contributed by atoms with van der Waals surface area (Å²) in [6, 6.07) is 7.39. The molecule has 0 aliphatic carbocycles. The van der Waals surface area contributed by atoms with Crippen molar-refractivity contribution >= 4 is 0 Å². The molecule has 2 N–H and O–H groups in total. The lowest BCUT2D eigenvalue weighted by Crippen LogP contribution is -2.45.